The molecule has 0 amide bonds. The predicted molar refractivity (Wildman–Crippen MR) is 122 cm³/mol. The minimum Gasteiger partial charge on any atom is -0.457 e. The highest BCUT2D eigenvalue weighted by Crippen LogP contribution is 2.72. The molecule has 0 unspecified atom stereocenters. The van der Waals surface area contributed by atoms with Crippen LogP contribution in [0.1, 0.15) is 53.4 Å². The van der Waals surface area contributed by atoms with Gasteiger partial charge in [-0.2, -0.15) is 0 Å². The predicted octanol–water partition coefficient (Wildman–Crippen LogP) is 1.93. The van der Waals surface area contributed by atoms with Crippen molar-refractivity contribution in [2.24, 2.45) is 28.4 Å². The van der Waals surface area contributed by atoms with Crippen molar-refractivity contribution in [3.8, 4) is 0 Å². The van der Waals surface area contributed by atoms with Crippen LogP contribution in [0.4, 0.5) is 4.39 Å². The highest BCUT2D eigenvalue weighted by molar-refractivity contribution is 6.01. The molecule has 0 aromatic carbocycles. The molecule has 1 saturated heterocycles. The molecule has 4 aliphatic carbocycles. The van der Waals surface area contributed by atoms with Crippen LogP contribution in [0.15, 0.2) is 23.8 Å². The third kappa shape index (κ3) is 3.01. The minimum atomic E-state index is -2.02. The van der Waals surface area contributed by atoms with Crippen molar-refractivity contribution in [3.63, 3.8) is 0 Å². The molecule has 5 aliphatic rings. The van der Waals surface area contributed by atoms with Gasteiger partial charge in [-0.15, -0.1) is 0 Å². The summed E-state index contributed by atoms with van der Waals surface area (Å²) in [7, 11) is 0. The topological polar surface area (TPSA) is 125 Å². The molecule has 0 spiro atoms. The maximum absolute atomic E-state index is 17.3. The Kier molecular flexibility index (Phi) is 5.33. The zero-order valence-corrected chi connectivity index (χ0v) is 20.6. The van der Waals surface area contributed by atoms with Crippen LogP contribution in [0.5, 0.6) is 0 Å². The molecule has 1 aliphatic heterocycles. The van der Waals surface area contributed by atoms with Gasteiger partial charge in [-0.3, -0.25) is 14.4 Å². The molecule has 3 saturated carbocycles. The Morgan fingerprint density at radius 3 is 2.66 bits per heavy atom. The van der Waals surface area contributed by atoms with E-state index in [1.165, 1.54) is 12.2 Å². The number of fused-ring (bicyclic) bond motifs is 7. The number of ether oxygens (including phenoxy) is 3. The number of esters is 1. The van der Waals surface area contributed by atoms with Crippen LogP contribution < -0.4 is 5.73 Å². The van der Waals surface area contributed by atoms with Crippen molar-refractivity contribution in [1.82, 2.24) is 0 Å². The zero-order valence-electron chi connectivity index (χ0n) is 20.6. The number of allylic oxidation sites excluding steroid dienone is 4. The van der Waals surface area contributed by atoms with E-state index < -0.39 is 64.4 Å². The number of ketones is 2. The second kappa shape index (κ2) is 7.54. The van der Waals surface area contributed by atoms with Gasteiger partial charge >= 0.3 is 5.97 Å². The first-order chi connectivity index (χ1) is 16.2. The third-order valence-electron chi connectivity index (χ3n) is 9.58. The van der Waals surface area contributed by atoms with Gasteiger partial charge in [-0.05, 0) is 64.5 Å². The standard InChI is InChI=1S/C26H34FNO7/c1-22(2)34-20-10-17-16-6-5-14-9-15(29)7-8-23(14,3)25(16,27)18(30)11-24(17,4)26(20,35-22)19(31)13-33-21(32)12-28/h7-9,16-18,20,30H,5-6,10-13,28H2,1-4H3/t16-,17-,18-,20+,23-,24-,25-,26+/m0/s1. The van der Waals surface area contributed by atoms with E-state index in [0.29, 0.717) is 24.8 Å². The average molecular weight is 492 g/mol. The Hall–Kier alpha value is -1.94. The van der Waals surface area contributed by atoms with Gasteiger partial charge in [-0.1, -0.05) is 18.6 Å². The second-order valence-corrected chi connectivity index (χ2v) is 11.6. The summed E-state index contributed by atoms with van der Waals surface area (Å²) in [4.78, 5) is 37.4. The average Bonchev–Trinajstić information content (AvgIpc) is 3.19. The van der Waals surface area contributed by atoms with Crippen LogP contribution in [-0.2, 0) is 28.6 Å². The molecular formula is C26H34FNO7. The zero-order chi connectivity index (χ0) is 25.6. The smallest absolute Gasteiger partial charge is 0.320 e. The third-order valence-corrected chi connectivity index (χ3v) is 9.58. The molecule has 8 atom stereocenters. The summed E-state index contributed by atoms with van der Waals surface area (Å²) in [6, 6.07) is 0. The number of halogens is 1. The fourth-order valence-corrected chi connectivity index (χ4v) is 8.12. The second-order valence-electron chi connectivity index (χ2n) is 11.6. The first kappa shape index (κ1) is 24.7. The van der Waals surface area contributed by atoms with Gasteiger partial charge in [0.1, 0.15) is 0 Å². The number of Topliss-reactive ketones (excluding diaryl/α,β-unsaturated/α-hetero) is 1. The molecule has 0 aromatic heterocycles. The Morgan fingerprint density at radius 1 is 1.26 bits per heavy atom. The number of hydrogen-bond acceptors (Lipinski definition) is 8. The summed E-state index contributed by atoms with van der Waals surface area (Å²) in [5.41, 5.74) is 0.389. The van der Waals surface area contributed by atoms with Crippen molar-refractivity contribution in [2.45, 2.75) is 82.6 Å². The molecule has 35 heavy (non-hydrogen) atoms. The molecule has 3 N–H and O–H groups in total. The summed E-state index contributed by atoms with van der Waals surface area (Å²) in [5.74, 6) is -3.37. The van der Waals surface area contributed by atoms with Gasteiger partial charge in [0, 0.05) is 16.7 Å². The molecule has 8 nitrogen and oxygen atoms in total. The number of carbonyl (C=O) groups excluding carboxylic acids is 3. The largest absolute Gasteiger partial charge is 0.457 e. The summed E-state index contributed by atoms with van der Waals surface area (Å²) in [6.07, 6.45) is 3.66. The fraction of sp³-hybridized carbons (Fsp3) is 0.731. The minimum absolute atomic E-state index is 0.0398. The van der Waals surface area contributed by atoms with Gasteiger partial charge in [0.05, 0.1) is 18.8 Å². The van der Waals surface area contributed by atoms with Crippen LogP contribution >= 0.6 is 0 Å². The Balaban J connectivity index is 1.57. The lowest BCUT2D eigenvalue weighted by Crippen LogP contribution is -2.70. The first-order valence-corrected chi connectivity index (χ1v) is 12.3. The molecule has 5 rings (SSSR count). The number of alkyl halides is 1. The Labute approximate surface area is 204 Å². The molecule has 0 radical (unpaired) electrons. The molecule has 9 heteroatoms. The SMILES string of the molecule is CC1(C)O[C@@H]2C[C@H]3[C@@H]4CCC5=CC(=O)C=C[C@]5(C)[C@@]4(F)[C@@H](O)C[C@]3(C)[C@]2(C(=O)COC(=O)CN)O1. The van der Waals surface area contributed by atoms with Crippen molar-refractivity contribution < 1.29 is 38.1 Å². The van der Waals surface area contributed by atoms with Crippen molar-refractivity contribution in [2.75, 3.05) is 13.2 Å². The molecule has 4 fully saturated rings. The fourth-order valence-electron chi connectivity index (χ4n) is 8.12. The quantitative estimate of drug-likeness (QED) is 0.572. The van der Waals surface area contributed by atoms with Gasteiger partial charge in [0.25, 0.3) is 0 Å². The van der Waals surface area contributed by atoms with Gasteiger partial charge < -0.3 is 25.1 Å². The normalized spacial score (nSPS) is 47.3. The lowest BCUT2D eigenvalue weighted by Gasteiger charge is -2.62. The van der Waals surface area contributed by atoms with Gasteiger partial charge in [-0.25, -0.2) is 4.39 Å². The van der Waals surface area contributed by atoms with E-state index in [1.54, 1.807) is 26.8 Å². The lowest BCUT2D eigenvalue weighted by atomic mass is 9.44. The monoisotopic (exact) mass is 491 g/mol. The Bertz CT molecular complexity index is 1050. The van der Waals surface area contributed by atoms with Crippen LogP contribution in [-0.4, -0.2) is 65.1 Å². The first-order valence-electron chi connectivity index (χ1n) is 12.3. The summed E-state index contributed by atoms with van der Waals surface area (Å²) in [6.45, 7) is 6.14. The number of nitrogens with two attached hydrogens (primary N) is 1. The number of carbonyl (C=O) groups is 3. The number of aliphatic hydroxyl groups excluding tert-OH is 1. The van der Waals surface area contributed by atoms with Crippen molar-refractivity contribution in [1.29, 1.82) is 0 Å². The van der Waals surface area contributed by atoms with Crippen LogP contribution in [0.2, 0.25) is 0 Å². The van der Waals surface area contributed by atoms with Crippen LogP contribution in [0.25, 0.3) is 0 Å². The number of rotatable bonds is 4. The molecule has 192 valence electrons. The summed E-state index contributed by atoms with van der Waals surface area (Å²) in [5, 5.41) is 11.5. The van der Waals surface area contributed by atoms with Crippen molar-refractivity contribution >= 4 is 17.5 Å². The van der Waals surface area contributed by atoms with E-state index in [0.717, 1.165) is 0 Å². The van der Waals surface area contributed by atoms with Gasteiger partial charge in [0.15, 0.2) is 29.4 Å². The highest BCUT2D eigenvalue weighted by Gasteiger charge is 2.80. The Morgan fingerprint density at radius 2 is 1.97 bits per heavy atom. The molecule has 0 aromatic rings. The van der Waals surface area contributed by atoms with Gasteiger partial charge in [0.2, 0.25) is 5.78 Å². The summed E-state index contributed by atoms with van der Waals surface area (Å²) >= 11 is 0. The molecule has 1 heterocycles. The maximum Gasteiger partial charge on any atom is 0.320 e. The number of hydrogen-bond donors (Lipinski definition) is 2. The van der Waals surface area contributed by atoms with E-state index in [9.17, 15) is 19.5 Å². The molecule has 0 bridgehead atoms. The highest BCUT2D eigenvalue weighted by atomic mass is 19.1. The summed E-state index contributed by atoms with van der Waals surface area (Å²) < 4.78 is 35.0. The van der Waals surface area contributed by atoms with E-state index in [-0.39, 0.29) is 24.7 Å². The maximum atomic E-state index is 17.3. The van der Waals surface area contributed by atoms with Crippen LogP contribution in [0, 0.1) is 22.7 Å². The van der Waals surface area contributed by atoms with E-state index in [1.807, 2.05) is 6.92 Å². The molecular weight excluding hydrogens is 457 g/mol. The van der Waals surface area contributed by atoms with Crippen LogP contribution in [0.3, 0.4) is 0 Å². The van der Waals surface area contributed by atoms with E-state index in [2.05, 4.69) is 0 Å². The lowest BCUT2D eigenvalue weighted by molar-refractivity contribution is -0.246. The van der Waals surface area contributed by atoms with E-state index in [4.69, 9.17) is 19.9 Å². The van der Waals surface area contributed by atoms with Crippen molar-refractivity contribution in [3.05, 3.63) is 23.8 Å². The number of aliphatic hydroxyl groups is 1. The van der Waals surface area contributed by atoms with E-state index >= 15 is 4.39 Å².